The van der Waals surface area contributed by atoms with Crippen LogP contribution in [0.15, 0.2) is 30.3 Å². The minimum atomic E-state index is -0.409. The zero-order valence-corrected chi connectivity index (χ0v) is 10.8. The van der Waals surface area contributed by atoms with Crippen molar-refractivity contribution in [3.8, 4) is 0 Å². The normalized spacial score (nSPS) is 10.3. The van der Waals surface area contributed by atoms with Crippen LogP contribution in [0.2, 0.25) is 0 Å². The van der Waals surface area contributed by atoms with Gasteiger partial charge in [0.2, 0.25) is 0 Å². The number of hydrogen-bond acceptors (Lipinski definition) is 3. The Morgan fingerprint density at radius 1 is 1.37 bits per heavy atom. The number of esters is 1. The number of rotatable bonds is 4. The standard InChI is InChI=1S/C14H15FN2O2/c1-9-5-10(15)7-12(6-9)16-8-11-3-4-13(17-11)14(18)19-2/h3-7,16-17H,8H2,1-2H3. The molecule has 1 aromatic heterocycles. The second-order valence-electron chi connectivity index (χ2n) is 4.26. The van der Waals surface area contributed by atoms with Gasteiger partial charge in [0.1, 0.15) is 11.5 Å². The second kappa shape index (κ2) is 5.56. The van der Waals surface area contributed by atoms with Crippen LogP contribution in [0.5, 0.6) is 0 Å². The van der Waals surface area contributed by atoms with Crippen LogP contribution >= 0.6 is 0 Å². The molecule has 0 spiro atoms. The van der Waals surface area contributed by atoms with Crippen LogP contribution < -0.4 is 5.32 Å². The van der Waals surface area contributed by atoms with Gasteiger partial charge in [0.25, 0.3) is 0 Å². The van der Waals surface area contributed by atoms with Gasteiger partial charge in [-0.2, -0.15) is 0 Å². The van der Waals surface area contributed by atoms with Gasteiger partial charge in [0.05, 0.1) is 13.7 Å². The Morgan fingerprint density at radius 2 is 2.16 bits per heavy atom. The molecule has 2 rings (SSSR count). The number of aromatic nitrogens is 1. The zero-order valence-electron chi connectivity index (χ0n) is 10.8. The second-order valence-corrected chi connectivity index (χ2v) is 4.26. The highest BCUT2D eigenvalue weighted by molar-refractivity contribution is 5.87. The molecule has 1 heterocycles. The van der Waals surface area contributed by atoms with Crippen molar-refractivity contribution in [1.29, 1.82) is 0 Å². The molecule has 2 aromatic rings. The first kappa shape index (κ1) is 13.1. The van der Waals surface area contributed by atoms with Gasteiger partial charge in [0.15, 0.2) is 0 Å². The van der Waals surface area contributed by atoms with Gasteiger partial charge in [-0.05, 0) is 42.8 Å². The largest absolute Gasteiger partial charge is 0.464 e. The predicted molar refractivity (Wildman–Crippen MR) is 70.6 cm³/mol. The first-order chi connectivity index (χ1) is 9.08. The van der Waals surface area contributed by atoms with Crippen molar-refractivity contribution in [3.05, 3.63) is 53.1 Å². The predicted octanol–water partition coefficient (Wildman–Crippen LogP) is 2.86. The summed E-state index contributed by atoms with van der Waals surface area (Å²) in [6, 6.07) is 8.19. The molecule has 0 aliphatic carbocycles. The maximum atomic E-state index is 13.2. The number of anilines is 1. The topological polar surface area (TPSA) is 54.1 Å². The lowest BCUT2D eigenvalue weighted by Gasteiger charge is -2.06. The lowest BCUT2D eigenvalue weighted by Crippen LogP contribution is -2.04. The molecule has 5 heteroatoms. The first-order valence-electron chi connectivity index (χ1n) is 5.86. The fourth-order valence-electron chi connectivity index (χ4n) is 1.81. The lowest BCUT2D eigenvalue weighted by atomic mass is 10.2. The minimum Gasteiger partial charge on any atom is -0.464 e. The van der Waals surface area contributed by atoms with Crippen molar-refractivity contribution in [2.24, 2.45) is 0 Å². The monoisotopic (exact) mass is 262 g/mol. The average Bonchev–Trinajstić information content (AvgIpc) is 2.83. The zero-order chi connectivity index (χ0) is 13.8. The number of hydrogen-bond donors (Lipinski definition) is 2. The molecule has 19 heavy (non-hydrogen) atoms. The fourth-order valence-corrected chi connectivity index (χ4v) is 1.81. The van der Waals surface area contributed by atoms with E-state index >= 15 is 0 Å². The SMILES string of the molecule is COC(=O)c1ccc(CNc2cc(C)cc(F)c2)[nH]1. The van der Waals surface area contributed by atoms with E-state index in [9.17, 15) is 9.18 Å². The van der Waals surface area contributed by atoms with Crippen LogP contribution in [-0.2, 0) is 11.3 Å². The van der Waals surface area contributed by atoms with Gasteiger partial charge in [-0.15, -0.1) is 0 Å². The number of ether oxygens (including phenoxy) is 1. The minimum absolute atomic E-state index is 0.274. The highest BCUT2D eigenvalue weighted by atomic mass is 19.1. The summed E-state index contributed by atoms with van der Waals surface area (Å²) < 4.78 is 17.8. The number of H-pyrrole nitrogens is 1. The quantitative estimate of drug-likeness (QED) is 0.833. The molecule has 4 nitrogen and oxygen atoms in total. The summed E-state index contributed by atoms with van der Waals surface area (Å²) in [5.41, 5.74) is 2.77. The molecule has 0 amide bonds. The Kier molecular flexibility index (Phi) is 3.85. The molecule has 1 aromatic carbocycles. The molecule has 0 fully saturated rings. The van der Waals surface area contributed by atoms with Crippen LogP contribution in [0.1, 0.15) is 21.7 Å². The van der Waals surface area contributed by atoms with E-state index in [4.69, 9.17) is 0 Å². The van der Waals surface area contributed by atoms with Crippen LogP contribution in [0, 0.1) is 12.7 Å². The third kappa shape index (κ3) is 3.34. The third-order valence-electron chi connectivity index (χ3n) is 2.68. The summed E-state index contributed by atoms with van der Waals surface area (Å²) in [5, 5.41) is 3.09. The Hall–Kier alpha value is -2.30. The number of halogens is 1. The van der Waals surface area contributed by atoms with E-state index in [1.165, 1.54) is 19.2 Å². The molecule has 2 N–H and O–H groups in total. The average molecular weight is 262 g/mol. The maximum Gasteiger partial charge on any atom is 0.354 e. The van der Waals surface area contributed by atoms with Crippen molar-refractivity contribution in [2.45, 2.75) is 13.5 Å². The maximum absolute atomic E-state index is 13.2. The summed E-state index contributed by atoms with van der Waals surface area (Å²) >= 11 is 0. The van der Waals surface area contributed by atoms with E-state index in [1.807, 2.05) is 13.0 Å². The van der Waals surface area contributed by atoms with Crippen molar-refractivity contribution in [1.82, 2.24) is 4.98 Å². The number of benzene rings is 1. The van der Waals surface area contributed by atoms with E-state index < -0.39 is 5.97 Å². The Bertz CT molecular complexity index is 573. The van der Waals surface area contributed by atoms with Crippen molar-refractivity contribution in [3.63, 3.8) is 0 Å². The van der Waals surface area contributed by atoms with E-state index in [1.54, 1.807) is 12.1 Å². The van der Waals surface area contributed by atoms with Gasteiger partial charge in [-0.25, -0.2) is 9.18 Å². The number of carbonyl (C=O) groups is 1. The highest BCUT2D eigenvalue weighted by Gasteiger charge is 2.07. The summed E-state index contributed by atoms with van der Waals surface area (Å²) in [5.74, 6) is -0.683. The first-order valence-corrected chi connectivity index (χ1v) is 5.86. The van der Waals surface area contributed by atoms with E-state index in [2.05, 4.69) is 15.0 Å². The Labute approximate surface area is 110 Å². The molecule has 0 saturated heterocycles. The number of carbonyl (C=O) groups excluding carboxylic acids is 1. The number of aryl methyl sites for hydroxylation is 1. The number of nitrogens with one attached hydrogen (secondary N) is 2. The summed E-state index contributed by atoms with van der Waals surface area (Å²) in [6.07, 6.45) is 0. The molecule has 0 radical (unpaired) electrons. The van der Waals surface area contributed by atoms with Crippen LogP contribution in [0.3, 0.4) is 0 Å². The molecular formula is C14H15FN2O2. The summed E-state index contributed by atoms with van der Waals surface area (Å²) in [4.78, 5) is 14.2. The molecule has 0 unspecified atom stereocenters. The van der Waals surface area contributed by atoms with Crippen molar-refractivity contribution >= 4 is 11.7 Å². The van der Waals surface area contributed by atoms with Gasteiger partial charge in [0, 0.05) is 11.4 Å². The van der Waals surface area contributed by atoms with E-state index in [-0.39, 0.29) is 5.82 Å². The molecule has 100 valence electrons. The Balaban J connectivity index is 2.02. The van der Waals surface area contributed by atoms with Gasteiger partial charge in [-0.3, -0.25) is 0 Å². The van der Waals surface area contributed by atoms with Crippen LogP contribution in [-0.4, -0.2) is 18.1 Å². The highest BCUT2D eigenvalue weighted by Crippen LogP contribution is 2.14. The van der Waals surface area contributed by atoms with Gasteiger partial charge in [-0.1, -0.05) is 0 Å². The molecule has 0 aliphatic heterocycles. The number of aromatic amines is 1. The molecule has 0 saturated carbocycles. The third-order valence-corrected chi connectivity index (χ3v) is 2.68. The van der Waals surface area contributed by atoms with Gasteiger partial charge < -0.3 is 15.0 Å². The smallest absolute Gasteiger partial charge is 0.354 e. The molecule has 0 bridgehead atoms. The van der Waals surface area contributed by atoms with Gasteiger partial charge >= 0.3 is 5.97 Å². The molecular weight excluding hydrogens is 247 g/mol. The fraction of sp³-hybridized carbons (Fsp3) is 0.214. The number of methoxy groups -OCH3 is 1. The van der Waals surface area contributed by atoms with Crippen molar-refractivity contribution < 1.29 is 13.9 Å². The van der Waals surface area contributed by atoms with E-state index in [0.717, 1.165) is 11.3 Å². The molecule has 0 aliphatic rings. The summed E-state index contributed by atoms with van der Waals surface area (Å²) in [6.45, 7) is 2.30. The van der Waals surface area contributed by atoms with Crippen LogP contribution in [0.25, 0.3) is 0 Å². The lowest BCUT2D eigenvalue weighted by molar-refractivity contribution is 0.0594. The van der Waals surface area contributed by atoms with Crippen LogP contribution in [0.4, 0.5) is 10.1 Å². The molecule has 0 atom stereocenters. The van der Waals surface area contributed by atoms with E-state index in [0.29, 0.717) is 17.9 Å². The van der Waals surface area contributed by atoms with Crippen molar-refractivity contribution in [2.75, 3.05) is 12.4 Å². The Morgan fingerprint density at radius 3 is 2.84 bits per heavy atom. The summed E-state index contributed by atoms with van der Waals surface area (Å²) in [7, 11) is 1.33.